The highest BCUT2D eigenvalue weighted by Gasteiger charge is 2.20. The molecule has 0 saturated carbocycles. The maximum absolute atomic E-state index is 11.2. The Labute approximate surface area is 157 Å². The van der Waals surface area contributed by atoms with Crippen molar-refractivity contribution in [2.75, 3.05) is 7.11 Å². The summed E-state index contributed by atoms with van der Waals surface area (Å²) in [5, 5.41) is 48.8. The third kappa shape index (κ3) is 4.82. The number of nitrogens with zero attached hydrogens (tertiary/aromatic N) is 4. The first-order chi connectivity index (χ1) is 13.2. The van der Waals surface area contributed by atoms with Gasteiger partial charge in [0, 0.05) is 12.5 Å². The third-order valence-corrected chi connectivity index (χ3v) is 3.57. The van der Waals surface area contributed by atoms with Crippen molar-refractivity contribution < 1.29 is 29.6 Å². The van der Waals surface area contributed by atoms with E-state index < -0.39 is 33.3 Å². The first-order valence-corrected chi connectivity index (χ1v) is 7.65. The van der Waals surface area contributed by atoms with Crippen LogP contribution in [0.1, 0.15) is 5.56 Å². The normalized spacial score (nSPS) is 11.9. The van der Waals surface area contributed by atoms with Crippen LogP contribution < -0.4 is 0 Å². The number of aliphatic hydroxyl groups is 1. The minimum Gasteiger partial charge on any atom is -0.506 e. The molecular formula is C16H14N4O8. The van der Waals surface area contributed by atoms with E-state index in [4.69, 9.17) is 0 Å². The number of hydrogen-bond donors (Lipinski definition) is 2. The third-order valence-electron chi connectivity index (χ3n) is 3.57. The van der Waals surface area contributed by atoms with E-state index in [2.05, 4.69) is 15.0 Å². The fourth-order valence-corrected chi connectivity index (χ4v) is 2.19. The zero-order valence-electron chi connectivity index (χ0n) is 14.4. The summed E-state index contributed by atoms with van der Waals surface area (Å²) in [5.74, 6) is -1.17. The molecule has 2 rings (SSSR count). The molecule has 0 unspecified atom stereocenters. The lowest BCUT2D eigenvalue weighted by molar-refractivity contribution is -0.393. The highest BCUT2D eigenvalue weighted by atomic mass is 16.6. The number of nitro benzene ring substituents is 2. The lowest BCUT2D eigenvalue weighted by Gasteiger charge is -2.09. The molecule has 0 bridgehead atoms. The van der Waals surface area contributed by atoms with Gasteiger partial charge in [0.1, 0.15) is 11.4 Å². The molecule has 12 heteroatoms. The molecule has 28 heavy (non-hydrogen) atoms. The predicted molar refractivity (Wildman–Crippen MR) is 93.8 cm³/mol. The molecule has 0 aromatic heterocycles. The average molecular weight is 390 g/mol. The van der Waals surface area contributed by atoms with Gasteiger partial charge >= 0.3 is 11.7 Å². The van der Waals surface area contributed by atoms with Crippen LogP contribution in [0, 0.1) is 20.2 Å². The summed E-state index contributed by atoms with van der Waals surface area (Å²) >= 11 is 0. The molecule has 0 spiro atoms. The topological polar surface area (TPSA) is 178 Å². The maximum atomic E-state index is 11.2. The number of hydrogen-bond acceptors (Lipinski definition) is 10. The largest absolute Gasteiger partial charge is 0.506 e. The van der Waals surface area contributed by atoms with Gasteiger partial charge < -0.3 is 14.9 Å². The van der Waals surface area contributed by atoms with E-state index in [0.29, 0.717) is 5.56 Å². The van der Waals surface area contributed by atoms with E-state index in [9.17, 15) is 35.2 Å². The number of aliphatic hydroxyl groups excluding tert-OH is 1. The number of carbonyl (C=O) groups excluding carboxylic acids is 1. The molecule has 2 N–H and O–H groups in total. The van der Waals surface area contributed by atoms with Crippen molar-refractivity contribution in [1.29, 1.82) is 0 Å². The lowest BCUT2D eigenvalue weighted by atomic mass is 10.1. The highest BCUT2D eigenvalue weighted by Crippen LogP contribution is 2.34. The van der Waals surface area contributed by atoms with Gasteiger partial charge in [0.2, 0.25) is 0 Å². The quantitative estimate of drug-likeness (QED) is 0.313. The second kappa shape index (κ2) is 8.64. The van der Waals surface area contributed by atoms with Crippen molar-refractivity contribution in [3.05, 3.63) is 62.2 Å². The maximum Gasteiger partial charge on any atom is 0.335 e. The number of esters is 1. The molecule has 2 aromatic carbocycles. The lowest BCUT2D eigenvalue weighted by Crippen LogP contribution is -2.23. The van der Waals surface area contributed by atoms with Crippen LogP contribution in [0.3, 0.4) is 0 Å². The van der Waals surface area contributed by atoms with Crippen LogP contribution in [0.5, 0.6) is 5.75 Å². The monoisotopic (exact) mass is 390 g/mol. The number of non-ortho nitro benzene ring substituents is 1. The van der Waals surface area contributed by atoms with E-state index in [0.717, 1.165) is 25.3 Å². The van der Waals surface area contributed by atoms with Gasteiger partial charge in [-0.25, -0.2) is 4.79 Å². The summed E-state index contributed by atoms with van der Waals surface area (Å²) in [6, 6.07) is 6.90. The van der Waals surface area contributed by atoms with Crippen molar-refractivity contribution in [2.45, 2.75) is 12.5 Å². The number of methoxy groups -OCH3 is 1. The standard InChI is InChI=1S/C16H14N4O8/c1-28-16(23)15(22)7-9-2-4-12(14(21)6-9)18-17-11-5-3-10(19(24)25)8-13(11)20(26)27/h2-6,8,15,21-22H,7H2,1H3/t15-/m0/s1. The molecule has 0 aliphatic carbocycles. The van der Waals surface area contributed by atoms with Crippen LogP contribution in [-0.2, 0) is 16.0 Å². The zero-order chi connectivity index (χ0) is 20.8. The molecule has 2 aromatic rings. The summed E-state index contributed by atoms with van der Waals surface area (Å²) in [6.45, 7) is 0. The van der Waals surface area contributed by atoms with Gasteiger partial charge in [-0.3, -0.25) is 20.2 Å². The van der Waals surface area contributed by atoms with Crippen molar-refractivity contribution in [1.82, 2.24) is 0 Å². The van der Waals surface area contributed by atoms with E-state index in [1.165, 1.54) is 18.2 Å². The first-order valence-electron chi connectivity index (χ1n) is 7.65. The van der Waals surface area contributed by atoms with Gasteiger partial charge in [0.15, 0.2) is 11.8 Å². The summed E-state index contributed by atoms with van der Waals surface area (Å²) in [4.78, 5) is 31.4. The fraction of sp³-hybridized carbons (Fsp3) is 0.188. The molecule has 0 saturated heterocycles. The smallest absolute Gasteiger partial charge is 0.335 e. The number of carbonyl (C=O) groups is 1. The number of phenols is 1. The van der Waals surface area contributed by atoms with Crippen LogP contribution in [0.15, 0.2) is 46.6 Å². The molecule has 12 nitrogen and oxygen atoms in total. The zero-order valence-corrected chi connectivity index (χ0v) is 14.4. The first kappa shape index (κ1) is 20.4. The Bertz CT molecular complexity index is 960. The number of benzene rings is 2. The van der Waals surface area contributed by atoms with Crippen LogP contribution in [0.4, 0.5) is 22.7 Å². The number of phenolic OH excluding ortho intramolecular Hbond substituents is 1. The Morgan fingerprint density at radius 2 is 1.75 bits per heavy atom. The van der Waals surface area contributed by atoms with E-state index in [-0.39, 0.29) is 23.5 Å². The number of ether oxygens (including phenoxy) is 1. The molecule has 0 fully saturated rings. The van der Waals surface area contributed by atoms with Gasteiger partial charge in [-0.05, 0) is 23.8 Å². The number of rotatable bonds is 7. The van der Waals surface area contributed by atoms with Crippen LogP contribution in [0.2, 0.25) is 0 Å². The Morgan fingerprint density at radius 3 is 2.32 bits per heavy atom. The molecule has 1 atom stereocenters. The van der Waals surface area contributed by atoms with Crippen molar-refractivity contribution in [3.8, 4) is 5.75 Å². The van der Waals surface area contributed by atoms with Crippen LogP contribution in [-0.4, -0.2) is 39.2 Å². The minimum atomic E-state index is -1.40. The Kier molecular flexibility index (Phi) is 6.29. The Balaban J connectivity index is 2.26. The van der Waals surface area contributed by atoms with E-state index in [1.807, 2.05) is 0 Å². The number of aromatic hydroxyl groups is 1. The van der Waals surface area contributed by atoms with Gasteiger partial charge in [0.25, 0.3) is 5.69 Å². The van der Waals surface area contributed by atoms with Crippen molar-refractivity contribution in [3.63, 3.8) is 0 Å². The highest BCUT2D eigenvalue weighted by molar-refractivity contribution is 5.74. The second-order valence-electron chi connectivity index (χ2n) is 5.45. The van der Waals surface area contributed by atoms with Crippen molar-refractivity contribution >= 4 is 28.7 Å². The fourth-order valence-electron chi connectivity index (χ4n) is 2.19. The number of azo groups is 1. The Hall–Kier alpha value is -3.93. The van der Waals surface area contributed by atoms with E-state index in [1.54, 1.807) is 0 Å². The van der Waals surface area contributed by atoms with Gasteiger partial charge in [-0.2, -0.15) is 0 Å². The molecule has 0 amide bonds. The molecule has 0 radical (unpaired) electrons. The average Bonchev–Trinajstić information content (AvgIpc) is 2.66. The minimum absolute atomic E-state index is 0.0380. The molecular weight excluding hydrogens is 376 g/mol. The van der Waals surface area contributed by atoms with Gasteiger partial charge in [-0.15, -0.1) is 10.2 Å². The summed E-state index contributed by atoms with van der Waals surface area (Å²) in [7, 11) is 1.13. The molecule has 0 heterocycles. The van der Waals surface area contributed by atoms with Gasteiger partial charge in [-0.1, -0.05) is 6.07 Å². The van der Waals surface area contributed by atoms with Crippen LogP contribution in [0.25, 0.3) is 0 Å². The SMILES string of the molecule is COC(=O)[C@@H](O)Cc1ccc(N=Nc2ccc([N+](=O)[O-])cc2[N+](=O)[O-])c(O)c1. The van der Waals surface area contributed by atoms with E-state index >= 15 is 0 Å². The Morgan fingerprint density at radius 1 is 1.11 bits per heavy atom. The number of nitro groups is 2. The molecule has 146 valence electrons. The second-order valence-corrected chi connectivity index (χ2v) is 5.45. The summed E-state index contributed by atoms with van der Waals surface area (Å²) in [5.41, 5.74) is -0.947. The predicted octanol–water partition coefficient (Wildman–Crippen LogP) is 2.70. The summed E-state index contributed by atoms with van der Waals surface area (Å²) in [6.07, 6.45) is -1.51. The molecule has 0 aliphatic heterocycles. The molecule has 0 aliphatic rings. The van der Waals surface area contributed by atoms with Crippen LogP contribution >= 0.6 is 0 Å². The van der Waals surface area contributed by atoms with Crippen molar-refractivity contribution in [2.24, 2.45) is 10.2 Å². The van der Waals surface area contributed by atoms with Gasteiger partial charge in [0.05, 0.1) is 23.0 Å². The summed E-state index contributed by atoms with van der Waals surface area (Å²) < 4.78 is 4.40.